The van der Waals surface area contributed by atoms with Gasteiger partial charge in [0.1, 0.15) is 5.75 Å². The van der Waals surface area contributed by atoms with Gasteiger partial charge in [0.2, 0.25) is 0 Å². The molecule has 0 aliphatic heterocycles. The molecule has 1 N–H and O–H groups in total. The average molecular weight is 336 g/mol. The summed E-state index contributed by atoms with van der Waals surface area (Å²) in [6, 6.07) is 11.8. The van der Waals surface area contributed by atoms with E-state index in [1.807, 2.05) is 43.3 Å². The van der Waals surface area contributed by atoms with Crippen molar-refractivity contribution in [1.82, 2.24) is 5.32 Å². The summed E-state index contributed by atoms with van der Waals surface area (Å²) in [7, 11) is 3.26. The zero-order chi connectivity index (χ0) is 16.7. The summed E-state index contributed by atoms with van der Waals surface area (Å²) in [4.78, 5) is 0. The number of methoxy groups -OCH3 is 2. The van der Waals surface area contributed by atoms with Gasteiger partial charge in [0.15, 0.2) is 11.5 Å². The van der Waals surface area contributed by atoms with Crippen molar-refractivity contribution in [3.8, 4) is 17.2 Å². The molecule has 0 unspecified atom stereocenters. The molecule has 0 aliphatic carbocycles. The van der Waals surface area contributed by atoms with E-state index in [1.165, 1.54) is 0 Å². The van der Waals surface area contributed by atoms with Crippen molar-refractivity contribution >= 4 is 11.6 Å². The number of nitrogens with one attached hydrogen (secondary N) is 1. The fourth-order valence-corrected chi connectivity index (χ4v) is 2.69. The lowest BCUT2D eigenvalue weighted by atomic mass is 10.1. The van der Waals surface area contributed by atoms with Crippen LogP contribution >= 0.6 is 11.6 Å². The second kappa shape index (κ2) is 8.65. The number of benzene rings is 2. The molecule has 0 heterocycles. The van der Waals surface area contributed by atoms with Crippen LogP contribution < -0.4 is 19.5 Å². The quantitative estimate of drug-likeness (QED) is 0.790. The molecular formula is C18H22ClNO3. The largest absolute Gasteiger partial charge is 0.496 e. The molecule has 0 atom stereocenters. The Hall–Kier alpha value is -1.91. The van der Waals surface area contributed by atoms with Crippen molar-refractivity contribution in [2.45, 2.75) is 20.0 Å². The number of rotatable bonds is 8. The van der Waals surface area contributed by atoms with E-state index < -0.39 is 0 Å². The molecule has 0 amide bonds. The first-order chi connectivity index (χ1) is 11.2. The van der Waals surface area contributed by atoms with Gasteiger partial charge < -0.3 is 19.5 Å². The molecular weight excluding hydrogens is 314 g/mol. The van der Waals surface area contributed by atoms with Crippen LogP contribution in [0.25, 0.3) is 0 Å². The first-order valence-corrected chi connectivity index (χ1v) is 7.89. The van der Waals surface area contributed by atoms with E-state index in [2.05, 4.69) is 5.32 Å². The average Bonchev–Trinajstić information content (AvgIpc) is 2.55. The third kappa shape index (κ3) is 4.53. The van der Waals surface area contributed by atoms with Crippen LogP contribution in [0.2, 0.25) is 5.02 Å². The van der Waals surface area contributed by atoms with Crippen molar-refractivity contribution in [3.05, 3.63) is 52.5 Å². The Kier molecular flexibility index (Phi) is 6.56. The van der Waals surface area contributed by atoms with Crippen LogP contribution in [-0.4, -0.2) is 20.8 Å². The van der Waals surface area contributed by atoms with E-state index in [0.717, 1.165) is 16.9 Å². The second-order valence-electron chi connectivity index (χ2n) is 4.96. The van der Waals surface area contributed by atoms with E-state index in [4.69, 9.17) is 25.8 Å². The normalized spacial score (nSPS) is 10.4. The Morgan fingerprint density at radius 1 is 1.00 bits per heavy atom. The summed E-state index contributed by atoms with van der Waals surface area (Å²) in [6.07, 6.45) is 0. The Balaban J connectivity index is 2.05. The minimum atomic E-state index is 0.549. The van der Waals surface area contributed by atoms with Crippen LogP contribution in [0.15, 0.2) is 36.4 Å². The van der Waals surface area contributed by atoms with E-state index in [0.29, 0.717) is 36.2 Å². The second-order valence-corrected chi connectivity index (χ2v) is 5.36. The predicted molar refractivity (Wildman–Crippen MR) is 92.7 cm³/mol. The predicted octanol–water partition coefficient (Wildman–Crippen LogP) is 4.05. The van der Waals surface area contributed by atoms with E-state index >= 15 is 0 Å². The zero-order valence-corrected chi connectivity index (χ0v) is 14.4. The maximum Gasteiger partial charge on any atom is 0.179 e. The lowest BCUT2D eigenvalue weighted by molar-refractivity contribution is 0.310. The summed E-state index contributed by atoms with van der Waals surface area (Å²) in [6.45, 7) is 3.87. The van der Waals surface area contributed by atoms with Crippen LogP contribution in [0.1, 0.15) is 18.1 Å². The highest BCUT2D eigenvalue weighted by Crippen LogP contribution is 2.36. The molecule has 0 fully saturated rings. The number of hydrogen-bond acceptors (Lipinski definition) is 4. The first-order valence-electron chi connectivity index (χ1n) is 7.51. The summed E-state index contributed by atoms with van der Waals surface area (Å²) >= 11 is 6.26. The van der Waals surface area contributed by atoms with Crippen LogP contribution in [0.3, 0.4) is 0 Å². The van der Waals surface area contributed by atoms with E-state index in [-0.39, 0.29) is 0 Å². The Morgan fingerprint density at radius 2 is 1.78 bits per heavy atom. The van der Waals surface area contributed by atoms with Crippen LogP contribution in [0, 0.1) is 0 Å². The van der Waals surface area contributed by atoms with Crippen LogP contribution in [0.4, 0.5) is 0 Å². The lowest BCUT2D eigenvalue weighted by Crippen LogP contribution is -2.13. The van der Waals surface area contributed by atoms with Gasteiger partial charge in [-0.3, -0.25) is 0 Å². The number of hydrogen-bond donors (Lipinski definition) is 1. The molecule has 0 saturated carbocycles. The summed E-state index contributed by atoms with van der Waals surface area (Å²) in [5, 5.41) is 3.94. The van der Waals surface area contributed by atoms with Gasteiger partial charge in [0.05, 0.1) is 25.8 Å². The standard InChI is InChI=1S/C18H22ClNO3/c1-4-23-17-10-13(9-15(19)18(17)22-3)11-20-12-14-7-5-6-8-16(14)21-2/h5-10,20H,4,11-12H2,1-3H3. The Labute approximate surface area is 142 Å². The van der Waals surface area contributed by atoms with Crippen molar-refractivity contribution in [1.29, 1.82) is 0 Å². The molecule has 2 aromatic carbocycles. The van der Waals surface area contributed by atoms with Gasteiger partial charge in [0.25, 0.3) is 0 Å². The zero-order valence-electron chi connectivity index (χ0n) is 13.7. The molecule has 0 aromatic heterocycles. The third-order valence-electron chi connectivity index (χ3n) is 3.41. The topological polar surface area (TPSA) is 39.7 Å². The van der Waals surface area contributed by atoms with E-state index in [9.17, 15) is 0 Å². The van der Waals surface area contributed by atoms with Crippen molar-refractivity contribution in [3.63, 3.8) is 0 Å². The molecule has 0 radical (unpaired) electrons. The van der Waals surface area contributed by atoms with Gasteiger partial charge in [0, 0.05) is 18.7 Å². The summed E-state index contributed by atoms with van der Waals surface area (Å²) in [5.74, 6) is 2.11. The van der Waals surface area contributed by atoms with Gasteiger partial charge in [-0.15, -0.1) is 0 Å². The molecule has 0 aliphatic rings. The Morgan fingerprint density at radius 3 is 2.48 bits per heavy atom. The SMILES string of the molecule is CCOc1cc(CNCc2ccccc2OC)cc(Cl)c1OC. The molecule has 0 saturated heterocycles. The maximum atomic E-state index is 6.26. The molecule has 2 rings (SSSR count). The van der Waals surface area contributed by atoms with Crippen molar-refractivity contribution < 1.29 is 14.2 Å². The summed E-state index contributed by atoms with van der Waals surface area (Å²) in [5.41, 5.74) is 2.15. The summed E-state index contributed by atoms with van der Waals surface area (Å²) < 4.78 is 16.2. The highest BCUT2D eigenvalue weighted by atomic mass is 35.5. The van der Waals surface area contributed by atoms with Crippen molar-refractivity contribution in [2.75, 3.05) is 20.8 Å². The minimum absolute atomic E-state index is 0.549. The van der Waals surface area contributed by atoms with Gasteiger partial charge in [-0.1, -0.05) is 29.8 Å². The number of ether oxygens (including phenoxy) is 3. The first kappa shape index (κ1) is 17.4. The van der Waals surface area contributed by atoms with Crippen molar-refractivity contribution in [2.24, 2.45) is 0 Å². The molecule has 5 heteroatoms. The Bertz CT molecular complexity index is 646. The molecule has 0 bridgehead atoms. The van der Waals surface area contributed by atoms with Gasteiger partial charge >= 0.3 is 0 Å². The fourth-order valence-electron chi connectivity index (χ4n) is 2.37. The highest BCUT2D eigenvalue weighted by Gasteiger charge is 2.11. The fraction of sp³-hybridized carbons (Fsp3) is 0.333. The van der Waals surface area contributed by atoms with Crippen LogP contribution in [0.5, 0.6) is 17.2 Å². The lowest BCUT2D eigenvalue weighted by Gasteiger charge is -2.14. The van der Waals surface area contributed by atoms with E-state index in [1.54, 1.807) is 14.2 Å². The molecule has 124 valence electrons. The van der Waals surface area contributed by atoms with Gasteiger partial charge in [-0.25, -0.2) is 0 Å². The molecule has 0 spiro atoms. The van der Waals surface area contributed by atoms with Crippen LogP contribution in [-0.2, 0) is 13.1 Å². The molecule has 23 heavy (non-hydrogen) atoms. The minimum Gasteiger partial charge on any atom is -0.496 e. The highest BCUT2D eigenvalue weighted by molar-refractivity contribution is 6.32. The third-order valence-corrected chi connectivity index (χ3v) is 3.69. The van der Waals surface area contributed by atoms with Gasteiger partial charge in [-0.05, 0) is 30.7 Å². The monoisotopic (exact) mass is 335 g/mol. The number of para-hydroxylation sites is 1. The number of halogens is 1. The molecule has 2 aromatic rings. The smallest absolute Gasteiger partial charge is 0.179 e. The maximum absolute atomic E-state index is 6.26. The molecule has 4 nitrogen and oxygen atoms in total. The van der Waals surface area contributed by atoms with Gasteiger partial charge in [-0.2, -0.15) is 0 Å².